The molecule has 5 fully saturated rings. The number of anilines is 2. The summed E-state index contributed by atoms with van der Waals surface area (Å²) in [7, 11) is 1.29. The molecule has 14 heteroatoms. The Balaban J connectivity index is 1.03. The van der Waals surface area contributed by atoms with Crippen LogP contribution in [0, 0.1) is 5.82 Å². The van der Waals surface area contributed by atoms with E-state index in [-0.39, 0.29) is 70.3 Å². The first kappa shape index (κ1) is 36.7. The highest BCUT2D eigenvalue weighted by Crippen LogP contribution is 2.44. The molecule has 6 aliphatic heterocycles. The summed E-state index contributed by atoms with van der Waals surface area (Å²) in [5.41, 5.74) is 2.61. The maximum Gasteiger partial charge on any atom is 0.410 e. The van der Waals surface area contributed by atoms with E-state index < -0.39 is 23.3 Å². The van der Waals surface area contributed by atoms with Crippen molar-refractivity contribution in [3.8, 4) is 16.9 Å². The van der Waals surface area contributed by atoms with E-state index in [1.165, 1.54) is 18.1 Å². The Morgan fingerprint density at radius 2 is 1.57 bits per heavy atom. The largest absolute Gasteiger partial charge is 0.472 e. The number of nitrogens with zero attached hydrogens (tertiary/aromatic N) is 4. The summed E-state index contributed by atoms with van der Waals surface area (Å²) in [6.07, 6.45) is 3.30. The summed E-state index contributed by atoms with van der Waals surface area (Å²) < 4.78 is 38.7. The second-order valence-corrected chi connectivity index (χ2v) is 16.5. The normalized spacial score (nSPS) is 23.2. The van der Waals surface area contributed by atoms with Crippen LogP contribution in [0.5, 0.6) is 5.75 Å². The van der Waals surface area contributed by atoms with Gasteiger partial charge in [0.05, 0.1) is 71.9 Å². The third-order valence-corrected chi connectivity index (χ3v) is 11.7. The van der Waals surface area contributed by atoms with E-state index in [1.54, 1.807) is 30.3 Å². The number of para-hydroxylation sites is 1. The van der Waals surface area contributed by atoms with Gasteiger partial charge < -0.3 is 38.5 Å². The lowest BCUT2D eigenvalue weighted by molar-refractivity contribution is 0.000848. The van der Waals surface area contributed by atoms with Crippen molar-refractivity contribution in [2.75, 3.05) is 49.9 Å². The van der Waals surface area contributed by atoms with Crippen molar-refractivity contribution in [3.63, 3.8) is 0 Å². The SMILES string of the molecule is COC(=O)c1cc(F)c(-c2cccc3c2OCN(C(=O)c2c(Cl)cc(N4CC5CCC4CN5C(=O)OC(C)(C)C)cc2Cl)C3)cc1N1C2CCC1COC2. The molecule has 4 unspecified atom stereocenters. The number of carbonyl (C=O) groups excluding carboxylic acids is 3. The van der Waals surface area contributed by atoms with Gasteiger partial charge in [0.15, 0.2) is 6.73 Å². The predicted octanol–water partition coefficient (Wildman–Crippen LogP) is 7.53. The Labute approximate surface area is 323 Å². The summed E-state index contributed by atoms with van der Waals surface area (Å²) in [5.74, 6) is -1.15. The van der Waals surface area contributed by atoms with Crippen molar-refractivity contribution in [2.45, 2.75) is 82.8 Å². The topological polar surface area (TPSA) is 101 Å². The number of rotatable bonds is 5. The molecule has 3 aromatic carbocycles. The summed E-state index contributed by atoms with van der Waals surface area (Å²) in [5, 5.41) is 0.426. The zero-order chi connectivity index (χ0) is 38.1. The number of piperazine rings is 1. The lowest BCUT2D eigenvalue weighted by Gasteiger charge is -2.52. The monoisotopic (exact) mass is 780 g/mol. The van der Waals surface area contributed by atoms with Crippen LogP contribution in [0.4, 0.5) is 20.6 Å². The summed E-state index contributed by atoms with van der Waals surface area (Å²) in [6, 6.07) is 12.1. The Bertz CT molecular complexity index is 1990. The van der Waals surface area contributed by atoms with Gasteiger partial charge in [-0.3, -0.25) is 4.79 Å². The highest BCUT2D eigenvalue weighted by atomic mass is 35.5. The van der Waals surface area contributed by atoms with Crippen molar-refractivity contribution >= 4 is 52.5 Å². The van der Waals surface area contributed by atoms with Crippen LogP contribution in [0.25, 0.3) is 11.1 Å². The number of carbonyl (C=O) groups is 3. The Hall–Kier alpha value is -4.26. The number of esters is 1. The summed E-state index contributed by atoms with van der Waals surface area (Å²) >= 11 is 13.6. The number of hydrogen-bond donors (Lipinski definition) is 0. The Kier molecular flexibility index (Phi) is 9.59. The van der Waals surface area contributed by atoms with Crippen molar-refractivity contribution in [2.24, 2.45) is 0 Å². The molecule has 6 heterocycles. The van der Waals surface area contributed by atoms with Crippen LogP contribution in [0.15, 0.2) is 42.5 Å². The average molecular weight is 782 g/mol. The van der Waals surface area contributed by atoms with Crippen molar-refractivity contribution in [1.82, 2.24) is 9.80 Å². The Morgan fingerprint density at radius 1 is 0.889 bits per heavy atom. The number of ether oxygens (including phenoxy) is 4. The molecule has 286 valence electrons. The number of halogens is 3. The zero-order valence-corrected chi connectivity index (χ0v) is 32.2. The van der Waals surface area contributed by atoms with E-state index in [0.717, 1.165) is 31.4 Å². The predicted molar refractivity (Wildman–Crippen MR) is 202 cm³/mol. The minimum absolute atomic E-state index is 0.0144. The molecule has 9 rings (SSSR count). The van der Waals surface area contributed by atoms with Gasteiger partial charge in [0.25, 0.3) is 5.91 Å². The molecule has 0 spiro atoms. The molecule has 2 amide bonds. The first-order valence-electron chi connectivity index (χ1n) is 18.4. The molecule has 4 atom stereocenters. The van der Waals surface area contributed by atoms with Crippen LogP contribution >= 0.6 is 23.2 Å². The second-order valence-electron chi connectivity index (χ2n) is 15.7. The number of piperidine rings is 2. The standard InChI is InChI=1S/C40H43Cl2FN4O7/c1-40(2,3)54-39(50)46-18-23-8-9-24(46)17-45(23)27-12-31(41)35(32(42)13-27)37(48)44-16-22-6-5-7-28(36(22)53-21-44)29-15-34(30(14-33(29)43)38(49)51-4)47-25-10-11-26(47)20-52-19-25/h5-7,12-15,23-26H,8-11,16-21H2,1-4H3. The summed E-state index contributed by atoms with van der Waals surface area (Å²) in [6.45, 7) is 7.83. The molecule has 3 aromatic rings. The van der Waals surface area contributed by atoms with Gasteiger partial charge in [-0.15, -0.1) is 0 Å². The number of hydrogen-bond acceptors (Lipinski definition) is 9. The average Bonchev–Trinajstić information content (AvgIpc) is 3.39. The molecule has 4 bridgehead atoms. The van der Waals surface area contributed by atoms with Gasteiger partial charge in [-0.05, 0) is 70.7 Å². The van der Waals surface area contributed by atoms with Gasteiger partial charge in [0, 0.05) is 41.5 Å². The van der Waals surface area contributed by atoms with Crippen LogP contribution in [0.3, 0.4) is 0 Å². The molecule has 0 aliphatic carbocycles. The van der Waals surface area contributed by atoms with Gasteiger partial charge in [-0.1, -0.05) is 41.4 Å². The summed E-state index contributed by atoms with van der Waals surface area (Å²) in [4.78, 5) is 47.5. The molecular weight excluding hydrogens is 738 g/mol. The fourth-order valence-electron chi connectivity index (χ4n) is 8.67. The quantitative estimate of drug-likeness (QED) is 0.243. The van der Waals surface area contributed by atoms with E-state index >= 15 is 4.39 Å². The molecule has 0 N–H and O–H groups in total. The third-order valence-electron chi connectivity index (χ3n) is 11.1. The van der Waals surface area contributed by atoms with Crippen molar-refractivity contribution < 1.29 is 37.7 Å². The number of benzene rings is 3. The van der Waals surface area contributed by atoms with E-state index in [0.29, 0.717) is 48.9 Å². The smallest absolute Gasteiger partial charge is 0.410 e. The molecule has 11 nitrogen and oxygen atoms in total. The Morgan fingerprint density at radius 3 is 2.22 bits per heavy atom. The molecule has 0 saturated carbocycles. The van der Waals surface area contributed by atoms with Crippen LogP contribution < -0.4 is 14.5 Å². The van der Waals surface area contributed by atoms with Crippen LogP contribution in [-0.4, -0.2) is 97.7 Å². The van der Waals surface area contributed by atoms with Crippen LogP contribution in [0.1, 0.15) is 72.7 Å². The maximum atomic E-state index is 16.0. The van der Waals surface area contributed by atoms with Gasteiger partial charge in [0.2, 0.25) is 0 Å². The van der Waals surface area contributed by atoms with Gasteiger partial charge in [0.1, 0.15) is 17.2 Å². The van der Waals surface area contributed by atoms with Gasteiger partial charge in [-0.2, -0.15) is 0 Å². The fraction of sp³-hybridized carbons (Fsp3) is 0.475. The number of methoxy groups -OCH3 is 1. The lowest BCUT2D eigenvalue weighted by Crippen LogP contribution is -2.64. The lowest BCUT2D eigenvalue weighted by atomic mass is 9.90. The highest BCUT2D eigenvalue weighted by molar-refractivity contribution is 6.40. The molecule has 0 radical (unpaired) electrons. The highest BCUT2D eigenvalue weighted by Gasteiger charge is 2.43. The zero-order valence-electron chi connectivity index (χ0n) is 30.7. The van der Waals surface area contributed by atoms with Gasteiger partial charge in [-0.25, -0.2) is 14.0 Å². The maximum absolute atomic E-state index is 16.0. The number of amides is 2. The number of morpholine rings is 1. The molecule has 5 saturated heterocycles. The fourth-order valence-corrected chi connectivity index (χ4v) is 9.31. The van der Waals surface area contributed by atoms with Crippen LogP contribution in [0.2, 0.25) is 10.0 Å². The number of fused-ring (bicyclic) bond motifs is 6. The first-order valence-corrected chi connectivity index (χ1v) is 19.1. The molecule has 0 aromatic heterocycles. The molecular formula is C40H43Cl2FN4O7. The van der Waals surface area contributed by atoms with E-state index in [2.05, 4.69) is 9.80 Å². The van der Waals surface area contributed by atoms with Crippen molar-refractivity contribution in [1.29, 1.82) is 0 Å². The van der Waals surface area contributed by atoms with Crippen molar-refractivity contribution in [3.05, 3.63) is 75.0 Å². The minimum Gasteiger partial charge on any atom is -0.472 e. The second kappa shape index (κ2) is 14.1. The first-order chi connectivity index (χ1) is 25.8. The van der Waals surface area contributed by atoms with E-state index in [4.69, 9.17) is 42.1 Å². The van der Waals surface area contributed by atoms with E-state index in [1.807, 2.05) is 31.7 Å². The third kappa shape index (κ3) is 6.60. The molecule has 6 aliphatic rings. The van der Waals surface area contributed by atoms with Gasteiger partial charge >= 0.3 is 12.1 Å². The molecule has 54 heavy (non-hydrogen) atoms. The van der Waals surface area contributed by atoms with Crippen LogP contribution in [-0.2, 0) is 20.8 Å². The van der Waals surface area contributed by atoms with E-state index in [9.17, 15) is 14.4 Å². The minimum atomic E-state index is -0.611.